The summed E-state index contributed by atoms with van der Waals surface area (Å²) < 4.78 is 21.5. The van der Waals surface area contributed by atoms with Crippen molar-refractivity contribution in [1.82, 2.24) is 9.88 Å². The Kier molecular flexibility index (Phi) is 5.31. The molecule has 4 rings (SSSR count). The van der Waals surface area contributed by atoms with Crippen molar-refractivity contribution in [1.29, 1.82) is 0 Å². The largest absolute Gasteiger partial charge is 0.379 e. The van der Waals surface area contributed by atoms with Crippen molar-refractivity contribution in [2.45, 2.75) is 51.6 Å². The first kappa shape index (κ1) is 18.9. The quantitative estimate of drug-likeness (QED) is 0.862. The fourth-order valence-electron chi connectivity index (χ4n) is 4.30. The van der Waals surface area contributed by atoms with Crippen LogP contribution >= 0.6 is 0 Å². The standard InChI is InChI=1S/C22H25FN2O3/c1-14-17(11-21(27)24-16-9-10-28-13-16)22-19(7-4-8-20(22)26)25(14)12-15-5-2-3-6-18(15)23/h2-3,5-6,16H,4,7-13H2,1H3,(H,24,27). The Morgan fingerprint density at radius 2 is 2.14 bits per heavy atom. The van der Waals surface area contributed by atoms with Crippen LogP contribution in [0, 0.1) is 12.7 Å². The fraction of sp³-hybridized carbons (Fsp3) is 0.455. The zero-order chi connectivity index (χ0) is 19.7. The van der Waals surface area contributed by atoms with Gasteiger partial charge in [-0.2, -0.15) is 0 Å². The van der Waals surface area contributed by atoms with Crippen LogP contribution in [-0.2, 0) is 28.9 Å². The summed E-state index contributed by atoms with van der Waals surface area (Å²) in [6.07, 6.45) is 3.05. The first-order chi connectivity index (χ1) is 13.5. The Labute approximate surface area is 163 Å². The summed E-state index contributed by atoms with van der Waals surface area (Å²) in [6.45, 7) is 3.49. The minimum Gasteiger partial charge on any atom is -0.379 e. The zero-order valence-electron chi connectivity index (χ0n) is 16.1. The molecule has 5 nitrogen and oxygen atoms in total. The molecule has 1 N–H and O–H groups in total. The lowest BCUT2D eigenvalue weighted by Gasteiger charge is -2.16. The molecule has 0 saturated carbocycles. The van der Waals surface area contributed by atoms with Gasteiger partial charge in [0.15, 0.2) is 5.78 Å². The lowest BCUT2D eigenvalue weighted by Crippen LogP contribution is -2.36. The number of ketones is 1. The van der Waals surface area contributed by atoms with Gasteiger partial charge in [0.1, 0.15) is 5.82 Å². The zero-order valence-corrected chi connectivity index (χ0v) is 16.1. The number of Topliss-reactive ketones (excluding diaryl/α,β-unsaturated/α-hetero) is 1. The van der Waals surface area contributed by atoms with Gasteiger partial charge in [0.2, 0.25) is 5.91 Å². The average Bonchev–Trinajstić information content (AvgIpc) is 3.26. The fourth-order valence-corrected chi connectivity index (χ4v) is 4.30. The van der Waals surface area contributed by atoms with E-state index < -0.39 is 0 Å². The van der Waals surface area contributed by atoms with Crippen molar-refractivity contribution < 1.29 is 18.7 Å². The molecule has 0 spiro atoms. The molecule has 1 aromatic heterocycles. The van der Waals surface area contributed by atoms with E-state index in [1.54, 1.807) is 12.1 Å². The lowest BCUT2D eigenvalue weighted by molar-refractivity contribution is -0.121. The van der Waals surface area contributed by atoms with Gasteiger partial charge < -0.3 is 14.6 Å². The third-order valence-electron chi connectivity index (χ3n) is 5.77. The van der Waals surface area contributed by atoms with E-state index in [1.807, 2.05) is 17.6 Å². The van der Waals surface area contributed by atoms with E-state index in [4.69, 9.17) is 4.74 Å². The number of fused-ring (bicyclic) bond motifs is 1. The number of halogens is 1. The molecule has 2 aromatic rings. The summed E-state index contributed by atoms with van der Waals surface area (Å²) in [6, 6.07) is 6.73. The van der Waals surface area contributed by atoms with Crippen LogP contribution in [0.1, 0.15) is 52.1 Å². The Hall–Kier alpha value is -2.47. The summed E-state index contributed by atoms with van der Waals surface area (Å²) >= 11 is 0. The average molecular weight is 384 g/mol. The number of hydrogen-bond acceptors (Lipinski definition) is 3. The van der Waals surface area contributed by atoms with Gasteiger partial charge in [0, 0.05) is 35.5 Å². The monoisotopic (exact) mass is 384 g/mol. The molecule has 1 unspecified atom stereocenters. The summed E-state index contributed by atoms with van der Waals surface area (Å²) in [5, 5.41) is 3.00. The van der Waals surface area contributed by atoms with Gasteiger partial charge in [-0.05, 0) is 37.8 Å². The Morgan fingerprint density at radius 1 is 1.32 bits per heavy atom. The topological polar surface area (TPSA) is 60.3 Å². The van der Waals surface area contributed by atoms with Crippen LogP contribution < -0.4 is 5.32 Å². The first-order valence-corrected chi connectivity index (χ1v) is 9.89. The highest BCUT2D eigenvalue weighted by molar-refractivity contribution is 6.01. The maximum absolute atomic E-state index is 14.2. The van der Waals surface area contributed by atoms with Crippen molar-refractivity contribution in [3.63, 3.8) is 0 Å². The molecule has 28 heavy (non-hydrogen) atoms. The van der Waals surface area contributed by atoms with Crippen molar-refractivity contribution >= 4 is 11.7 Å². The maximum atomic E-state index is 14.2. The number of carbonyl (C=O) groups excluding carboxylic acids is 2. The summed E-state index contributed by atoms with van der Waals surface area (Å²) in [7, 11) is 0. The van der Waals surface area contributed by atoms with E-state index in [-0.39, 0.29) is 30.0 Å². The molecule has 1 amide bonds. The van der Waals surface area contributed by atoms with Crippen LogP contribution in [0.4, 0.5) is 4.39 Å². The van der Waals surface area contributed by atoms with Crippen LogP contribution in [0.2, 0.25) is 0 Å². The summed E-state index contributed by atoms with van der Waals surface area (Å²) in [4.78, 5) is 25.3. The van der Waals surface area contributed by atoms with Gasteiger partial charge >= 0.3 is 0 Å². The number of ether oxygens (including phenoxy) is 1. The predicted octanol–water partition coefficient (Wildman–Crippen LogP) is 2.95. The Morgan fingerprint density at radius 3 is 2.89 bits per heavy atom. The van der Waals surface area contributed by atoms with E-state index in [0.717, 1.165) is 36.2 Å². The van der Waals surface area contributed by atoms with E-state index in [2.05, 4.69) is 5.32 Å². The van der Waals surface area contributed by atoms with Gasteiger partial charge in [-0.25, -0.2) is 4.39 Å². The van der Waals surface area contributed by atoms with Crippen molar-refractivity contribution in [2.24, 2.45) is 0 Å². The third-order valence-corrected chi connectivity index (χ3v) is 5.77. The molecule has 0 bridgehead atoms. The number of hydrogen-bond donors (Lipinski definition) is 1. The first-order valence-electron chi connectivity index (χ1n) is 9.89. The van der Waals surface area contributed by atoms with Crippen LogP contribution in [0.15, 0.2) is 24.3 Å². The van der Waals surface area contributed by atoms with Gasteiger partial charge in [-0.1, -0.05) is 18.2 Å². The maximum Gasteiger partial charge on any atom is 0.224 e. The second-order valence-corrected chi connectivity index (χ2v) is 7.64. The molecule has 1 aliphatic carbocycles. The third kappa shape index (κ3) is 3.61. The Bertz CT molecular complexity index is 913. The second-order valence-electron chi connectivity index (χ2n) is 7.64. The molecule has 6 heteroatoms. The number of nitrogens with zero attached hydrogens (tertiary/aromatic N) is 1. The highest BCUT2D eigenvalue weighted by Crippen LogP contribution is 2.31. The van der Waals surface area contributed by atoms with E-state index in [9.17, 15) is 14.0 Å². The van der Waals surface area contributed by atoms with Crippen molar-refractivity contribution in [3.8, 4) is 0 Å². The molecular formula is C22H25FN2O3. The SMILES string of the molecule is Cc1c(CC(=O)NC2CCOC2)c2c(n1Cc1ccccc1F)CCCC2=O. The van der Waals surface area contributed by atoms with Crippen LogP contribution in [0.3, 0.4) is 0 Å². The van der Waals surface area contributed by atoms with E-state index >= 15 is 0 Å². The number of nitrogens with one attached hydrogen (secondary N) is 1. The molecule has 1 aliphatic heterocycles. The Balaban J connectivity index is 1.66. The number of amides is 1. The number of aromatic nitrogens is 1. The normalized spacial score (nSPS) is 18.9. The lowest BCUT2D eigenvalue weighted by atomic mass is 9.92. The number of rotatable bonds is 5. The van der Waals surface area contributed by atoms with Gasteiger partial charge in [0.05, 0.1) is 25.6 Å². The highest BCUT2D eigenvalue weighted by Gasteiger charge is 2.30. The van der Waals surface area contributed by atoms with Crippen LogP contribution in [0.25, 0.3) is 0 Å². The molecule has 2 heterocycles. The highest BCUT2D eigenvalue weighted by atomic mass is 19.1. The molecule has 0 radical (unpaired) electrons. The molecule has 1 saturated heterocycles. The molecular weight excluding hydrogens is 359 g/mol. The van der Waals surface area contributed by atoms with Crippen LogP contribution in [-0.4, -0.2) is 35.5 Å². The molecule has 1 aromatic carbocycles. The van der Waals surface area contributed by atoms with Crippen molar-refractivity contribution in [2.75, 3.05) is 13.2 Å². The van der Waals surface area contributed by atoms with Crippen molar-refractivity contribution in [3.05, 3.63) is 58.2 Å². The minimum absolute atomic E-state index is 0.0415. The predicted molar refractivity (Wildman–Crippen MR) is 103 cm³/mol. The summed E-state index contributed by atoms with van der Waals surface area (Å²) in [5.41, 5.74) is 3.86. The second kappa shape index (κ2) is 7.87. The van der Waals surface area contributed by atoms with E-state index in [1.165, 1.54) is 6.07 Å². The van der Waals surface area contributed by atoms with E-state index in [0.29, 0.717) is 37.3 Å². The smallest absolute Gasteiger partial charge is 0.224 e. The summed E-state index contributed by atoms with van der Waals surface area (Å²) in [5.74, 6) is -0.265. The van der Waals surface area contributed by atoms with Gasteiger partial charge in [0.25, 0.3) is 0 Å². The molecule has 2 aliphatic rings. The minimum atomic E-state index is -0.257. The van der Waals surface area contributed by atoms with Crippen LogP contribution in [0.5, 0.6) is 0 Å². The number of carbonyl (C=O) groups is 2. The van der Waals surface area contributed by atoms with Gasteiger partial charge in [-0.15, -0.1) is 0 Å². The molecule has 1 atom stereocenters. The van der Waals surface area contributed by atoms with Gasteiger partial charge in [-0.3, -0.25) is 9.59 Å². The number of benzene rings is 1. The molecule has 1 fully saturated rings. The molecule has 148 valence electrons.